The van der Waals surface area contributed by atoms with Crippen LogP contribution in [-0.4, -0.2) is 25.6 Å². The van der Waals surface area contributed by atoms with E-state index in [2.05, 4.69) is 25.0 Å². The van der Waals surface area contributed by atoms with Crippen molar-refractivity contribution in [3.05, 3.63) is 23.1 Å². The van der Waals surface area contributed by atoms with Crippen LogP contribution in [0.15, 0.2) is 17.8 Å². The van der Waals surface area contributed by atoms with E-state index in [0.717, 1.165) is 19.3 Å². The molecule has 1 saturated carbocycles. The number of azide groups is 1. The molecule has 0 bridgehead atoms. The van der Waals surface area contributed by atoms with Gasteiger partial charge in [0.25, 0.3) is 0 Å². The fraction of sp³-hybridized carbons (Fsp3) is 0.500. The summed E-state index contributed by atoms with van der Waals surface area (Å²) in [7, 11) is 0. The minimum atomic E-state index is -0.0383. The summed E-state index contributed by atoms with van der Waals surface area (Å²) in [5.41, 5.74) is 15.6. The molecule has 0 amide bonds. The van der Waals surface area contributed by atoms with E-state index in [4.69, 9.17) is 11.3 Å². The number of nitrogen functional groups attached to an aromatic ring is 1. The number of anilines is 1. The fourth-order valence-corrected chi connectivity index (χ4v) is 2.56. The quantitative estimate of drug-likeness (QED) is 0.492. The molecule has 8 heteroatoms. The van der Waals surface area contributed by atoms with Crippen molar-refractivity contribution >= 4 is 17.0 Å². The Morgan fingerprint density at radius 2 is 2.28 bits per heavy atom. The third-order valence-corrected chi connectivity index (χ3v) is 3.39. The highest BCUT2D eigenvalue weighted by atomic mass is 15.2. The van der Waals surface area contributed by atoms with Crippen molar-refractivity contribution in [3.63, 3.8) is 0 Å². The average Bonchev–Trinajstić information content (AvgIpc) is 2.96. The maximum atomic E-state index is 8.59. The van der Waals surface area contributed by atoms with Crippen LogP contribution in [0.2, 0.25) is 0 Å². The van der Waals surface area contributed by atoms with Crippen molar-refractivity contribution in [1.29, 1.82) is 0 Å². The molecule has 2 aromatic rings. The van der Waals surface area contributed by atoms with E-state index in [1.807, 2.05) is 4.57 Å². The van der Waals surface area contributed by atoms with Gasteiger partial charge in [0.2, 0.25) is 0 Å². The lowest BCUT2D eigenvalue weighted by Crippen LogP contribution is -2.16. The van der Waals surface area contributed by atoms with Gasteiger partial charge in [-0.15, -0.1) is 0 Å². The molecule has 1 fully saturated rings. The summed E-state index contributed by atoms with van der Waals surface area (Å²) in [6.45, 7) is 0. The van der Waals surface area contributed by atoms with Gasteiger partial charge in [0.05, 0.1) is 12.4 Å². The first-order chi connectivity index (χ1) is 8.81. The van der Waals surface area contributed by atoms with Crippen LogP contribution in [-0.2, 0) is 0 Å². The molecule has 0 aliphatic heterocycles. The first-order valence-corrected chi connectivity index (χ1v) is 5.78. The molecular formula is C10H12N8. The van der Waals surface area contributed by atoms with Gasteiger partial charge in [-0.1, -0.05) is 11.5 Å². The van der Waals surface area contributed by atoms with Gasteiger partial charge in [0.1, 0.15) is 11.8 Å². The molecule has 2 heterocycles. The molecule has 0 spiro atoms. The standard InChI is InChI=1S/C10H12N8/c11-9-8-10(14-4-13-9)18(5-15-8)7-3-1-2-6(7)16-17-12/h4-7H,1-3H2,(H2,11,13,14)/t6-,7-/m1/s1. The molecule has 1 aliphatic rings. The minimum Gasteiger partial charge on any atom is -0.382 e. The molecular weight excluding hydrogens is 232 g/mol. The Hall–Kier alpha value is -2.34. The van der Waals surface area contributed by atoms with Gasteiger partial charge in [0, 0.05) is 11.0 Å². The zero-order valence-electron chi connectivity index (χ0n) is 9.64. The first kappa shape index (κ1) is 10.8. The normalized spacial score (nSPS) is 23.1. The predicted octanol–water partition coefficient (Wildman–Crippen LogP) is 1.81. The maximum Gasteiger partial charge on any atom is 0.165 e. The number of hydrogen-bond acceptors (Lipinski definition) is 5. The van der Waals surface area contributed by atoms with Gasteiger partial charge in [-0.25, -0.2) is 15.0 Å². The van der Waals surface area contributed by atoms with Crippen LogP contribution in [0.25, 0.3) is 21.6 Å². The first-order valence-electron chi connectivity index (χ1n) is 5.78. The molecule has 8 nitrogen and oxygen atoms in total. The van der Waals surface area contributed by atoms with E-state index < -0.39 is 0 Å². The largest absolute Gasteiger partial charge is 0.382 e. The smallest absolute Gasteiger partial charge is 0.165 e. The maximum absolute atomic E-state index is 8.59. The monoisotopic (exact) mass is 244 g/mol. The highest BCUT2D eigenvalue weighted by Gasteiger charge is 2.29. The second kappa shape index (κ2) is 4.15. The Kier molecular flexibility index (Phi) is 2.49. The van der Waals surface area contributed by atoms with Crippen LogP contribution < -0.4 is 5.73 Å². The zero-order valence-corrected chi connectivity index (χ0v) is 9.64. The number of nitrogens with two attached hydrogens (primary N) is 1. The Balaban J connectivity index is 2.09. The molecule has 2 N–H and O–H groups in total. The summed E-state index contributed by atoms with van der Waals surface area (Å²) in [5.74, 6) is 0.372. The lowest BCUT2D eigenvalue weighted by molar-refractivity contribution is 0.469. The Morgan fingerprint density at radius 3 is 3.11 bits per heavy atom. The average molecular weight is 244 g/mol. The molecule has 0 unspecified atom stereocenters. The van der Waals surface area contributed by atoms with Crippen molar-refractivity contribution < 1.29 is 0 Å². The summed E-state index contributed by atoms with van der Waals surface area (Å²) in [6, 6.07) is 0.0730. The van der Waals surface area contributed by atoms with Gasteiger partial charge in [0.15, 0.2) is 11.5 Å². The van der Waals surface area contributed by atoms with Crippen molar-refractivity contribution in [3.8, 4) is 0 Å². The summed E-state index contributed by atoms with van der Waals surface area (Å²) >= 11 is 0. The zero-order chi connectivity index (χ0) is 12.5. The summed E-state index contributed by atoms with van der Waals surface area (Å²) in [5, 5.41) is 3.85. The van der Waals surface area contributed by atoms with E-state index in [1.165, 1.54) is 6.33 Å². The fourth-order valence-electron chi connectivity index (χ4n) is 2.56. The highest BCUT2D eigenvalue weighted by Crippen LogP contribution is 2.34. The molecule has 3 rings (SSSR count). The van der Waals surface area contributed by atoms with Crippen LogP contribution >= 0.6 is 0 Å². The number of nitrogens with zero attached hydrogens (tertiary/aromatic N) is 7. The van der Waals surface area contributed by atoms with Gasteiger partial charge in [-0.3, -0.25) is 0 Å². The van der Waals surface area contributed by atoms with Crippen molar-refractivity contribution in [2.24, 2.45) is 5.11 Å². The Labute approximate surface area is 102 Å². The number of aromatic nitrogens is 4. The molecule has 1 aliphatic carbocycles. The van der Waals surface area contributed by atoms with Crippen molar-refractivity contribution in [1.82, 2.24) is 19.5 Å². The third-order valence-electron chi connectivity index (χ3n) is 3.39. The Bertz CT molecular complexity index is 626. The molecule has 2 aromatic heterocycles. The number of imidazole rings is 1. The number of rotatable bonds is 2. The van der Waals surface area contributed by atoms with Crippen LogP contribution in [0, 0.1) is 0 Å². The van der Waals surface area contributed by atoms with E-state index in [9.17, 15) is 0 Å². The van der Waals surface area contributed by atoms with E-state index in [-0.39, 0.29) is 12.1 Å². The lowest BCUT2D eigenvalue weighted by Gasteiger charge is -2.16. The summed E-state index contributed by atoms with van der Waals surface area (Å²) in [4.78, 5) is 15.3. The molecule has 2 atom stereocenters. The topological polar surface area (TPSA) is 118 Å². The molecule has 92 valence electrons. The molecule has 0 aromatic carbocycles. The van der Waals surface area contributed by atoms with Gasteiger partial charge >= 0.3 is 0 Å². The Morgan fingerprint density at radius 1 is 1.39 bits per heavy atom. The molecule has 0 saturated heterocycles. The van der Waals surface area contributed by atoms with Crippen LogP contribution in [0.1, 0.15) is 25.3 Å². The SMILES string of the molecule is [N-]=[N+]=N[C@@H]1CCC[C@H]1n1cnc2c(N)ncnc21. The highest BCUT2D eigenvalue weighted by molar-refractivity contribution is 5.81. The lowest BCUT2D eigenvalue weighted by atomic mass is 10.2. The summed E-state index contributed by atoms with van der Waals surface area (Å²) < 4.78 is 1.94. The van der Waals surface area contributed by atoms with Crippen LogP contribution in [0.4, 0.5) is 5.82 Å². The van der Waals surface area contributed by atoms with Gasteiger partial charge < -0.3 is 10.3 Å². The van der Waals surface area contributed by atoms with Crippen molar-refractivity contribution in [2.75, 3.05) is 5.73 Å². The summed E-state index contributed by atoms with van der Waals surface area (Å²) in [6.07, 6.45) is 6.02. The molecule has 18 heavy (non-hydrogen) atoms. The van der Waals surface area contributed by atoms with Crippen LogP contribution in [0.3, 0.4) is 0 Å². The van der Waals surface area contributed by atoms with Crippen molar-refractivity contribution in [2.45, 2.75) is 31.3 Å². The predicted molar refractivity (Wildman–Crippen MR) is 65.6 cm³/mol. The van der Waals surface area contributed by atoms with E-state index >= 15 is 0 Å². The van der Waals surface area contributed by atoms with Crippen LogP contribution in [0.5, 0.6) is 0 Å². The second-order valence-electron chi connectivity index (χ2n) is 4.35. The number of fused-ring (bicyclic) bond motifs is 1. The van der Waals surface area contributed by atoms with Gasteiger partial charge in [-0.2, -0.15) is 0 Å². The number of hydrogen-bond donors (Lipinski definition) is 1. The van der Waals surface area contributed by atoms with E-state index in [1.54, 1.807) is 6.33 Å². The second-order valence-corrected chi connectivity index (χ2v) is 4.35. The van der Waals surface area contributed by atoms with Gasteiger partial charge in [-0.05, 0) is 18.4 Å². The third kappa shape index (κ3) is 1.54. The van der Waals surface area contributed by atoms with E-state index in [0.29, 0.717) is 17.0 Å². The molecule has 0 radical (unpaired) electrons. The minimum absolute atomic E-state index is 0.0383.